The van der Waals surface area contributed by atoms with E-state index in [1.54, 1.807) is 18.4 Å². The van der Waals surface area contributed by atoms with Gasteiger partial charge in [0.25, 0.3) is 5.91 Å². The minimum Gasteiger partial charge on any atom is -0.495 e. The fourth-order valence-corrected chi connectivity index (χ4v) is 3.26. The Balaban J connectivity index is 2.31. The Bertz CT molecular complexity index is 591. The van der Waals surface area contributed by atoms with E-state index in [9.17, 15) is 4.79 Å². The highest BCUT2D eigenvalue weighted by molar-refractivity contribution is 7.23. The molecule has 0 bridgehead atoms. The van der Waals surface area contributed by atoms with Gasteiger partial charge >= 0.3 is 0 Å². The summed E-state index contributed by atoms with van der Waals surface area (Å²) in [6, 6.07) is 5.78. The molecule has 0 aliphatic carbocycles. The van der Waals surface area contributed by atoms with Crippen molar-refractivity contribution >= 4 is 32.3 Å². The second-order valence-corrected chi connectivity index (χ2v) is 4.85. The van der Waals surface area contributed by atoms with E-state index in [2.05, 4.69) is 10.6 Å². The third kappa shape index (κ3) is 1.54. The van der Waals surface area contributed by atoms with E-state index in [1.165, 1.54) is 0 Å². The summed E-state index contributed by atoms with van der Waals surface area (Å²) >= 11 is 1.57. The Labute approximate surface area is 103 Å². The highest BCUT2D eigenvalue weighted by atomic mass is 32.1. The van der Waals surface area contributed by atoms with Crippen LogP contribution < -0.4 is 15.4 Å². The predicted octanol–water partition coefficient (Wildman–Crippen LogP) is 2.07. The van der Waals surface area contributed by atoms with Crippen LogP contribution >= 0.6 is 11.3 Å². The molecule has 1 aromatic heterocycles. The van der Waals surface area contributed by atoms with Gasteiger partial charge in [-0.25, -0.2) is 0 Å². The number of benzene rings is 1. The summed E-state index contributed by atoms with van der Waals surface area (Å²) in [6.45, 7) is 1.42. The Kier molecular flexibility index (Phi) is 2.40. The highest BCUT2D eigenvalue weighted by Gasteiger charge is 2.22. The Morgan fingerprint density at radius 1 is 1.29 bits per heavy atom. The van der Waals surface area contributed by atoms with Crippen LogP contribution in [0.15, 0.2) is 18.2 Å². The fourth-order valence-electron chi connectivity index (χ4n) is 2.04. The monoisotopic (exact) mass is 248 g/mol. The maximum absolute atomic E-state index is 12.0. The molecule has 1 aliphatic rings. The lowest BCUT2D eigenvalue weighted by Crippen LogP contribution is -2.24. The Morgan fingerprint density at radius 3 is 2.94 bits per heavy atom. The van der Waals surface area contributed by atoms with Crippen molar-refractivity contribution in [1.82, 2.24) is 5.32 Å². The first-order chi connectivity index (χ1) is 8.31. The molecule has 1 amide bonds. The first-order valence-corrected chi connectivity index (χ1v) is 6.24. The number of carbonyl (C=O) groups excluding carboxylic acids is 1. The van der Waals surface area contributed by atoms with Gasteiger partial charge in [-0.05, 0) is 6.07 Å². The molecule has 0 atom stereocenters. The van der Waals surface area contributed by atoms with E-state index in [4.69, 9.17) is 4.74 Å². The van der Waals surface area contributed by atoms with Gasteiger partial charge in [0, 0.05) is 18.5 Å². The summed E-state index contributed by atoms with van der Waals surface area (Å²) in [5.41, 5.74) is 0.737. The smallest absolute Gasteiger partial charge is 0.254 e. The van der Waals surface area contributed by atoms with Crippen LogP contribution in [0, 0.1) is 0 Å². The van der Waals surface area contributed by atoms with Gasteiger partial charge in [0.05, 0.1) is 17.4 Å². The van der Waals surface area contributed by atoms with Gasteiger partial charge < -0.3 is 15.4 Å². The molecule has 0 saturated heterocycles. The summed E-state index contributed by atoms with van der Waals surface area (Å²) in [6.07, 6.45) is 0. The first kappa shape index (κ1) is 10.4. The van der Waals surface area contributed by atoms with E-state index in [1.807, 2.05) is 18.2 Å². The number of hydrogen-bond donors (Lipinski definition) is 2. The van der Waals surface area contributed by atoms with Crippen LogP contribution in [0.1, 0.15) is 10.4 Å². The molecule has 88 valence electrons. The minimum absolute atomic E-state index is 0.00972. The zero-order chi connectivity index (χ0) is 11.8. The highest BCUT2D eigenvalue weighted by Crippen LogP contribution is 2.40. The van der Waals surface area contributed by atoms with Crippen LogP contribution in [0.5, 0.6) is 5.75 Å². The molecule has 2 N–H and O–H groups in total. The average Bonchev–Trinajstić information content (AvgIpc) is 2.62. The normalized spacial score (nSPS) is 14.8. The van der Waals surface area contributed by atoms with Crippen molar-refractivity contribution < 1.29 is 9.53 Å². The lowest BCUT2D eigenvalue weighted by molar-refractivity contribution is 0.0960. The molecule has 3 rings (SSSR count). The Hall–Kier alpha value is -1.75. The molecule has 0 saturated carbocycles. The molecular weight excluding hydrogens is 236 g/mol. The van der Waals surface area contributed by atoms with Crippen LogP contribution in [-0.4, -0.2) is 26.1 Å². The molecule has 1 aliphatic heterocycles. The molecule has 5 heteroatoms. The number of methoxy groups -OCH3 is 1. The maximum atomic E-state index is 12.0. The van der Waals surface area contributed by atoms with Crippen molar-refractivity contribution in [2.24, 2.45) is 0 Å². The minimum atomic E-state index is -0.00972. The van der Waals surface area contributed by atoms with Crippen molar-refractivity contribution in [2.45, 2.75) is 0 Å². The zero-order valence-corrected chi connectivity index (χ0v) is 10.2. The summed E-state index contributed by atoms with van der Waals surface area (Å²) in [5.74, 6) is 0.805. The number of carbonyl (C=O) groups is 1. The van der Waals surface area contributed by atoms with Crippen LogP contribution in [0.4, 0.5) is 5.00 Å². The second-order valence-electron chi connectivity index (χ2n) is 3.83. The molecule has 0 radical (unpaired) electrons. The lowest BCUT2D eigenvalue weighted by atomic mass is 10.1. The van der Waals surface area contributed by atoms with Crippen molar-refractivity contribution in [1.29, 1.82) is 0 Å². The third-order valence-corrected chi connectivity index (χ3v) is 4.00. The van der Waals surface area contributed by atoms with Gasteiger partial charge in [-0.3, -0.25) is 4.79 Å². The molecule has 2 heterocycles. The van der Waals surface area contributed by atoms with Gasteiger partial charge in [0.2, 0.25) is 0 Å². The fraction of sp³-hybridized carbons (Fsp3) is 0.250. The Morgan fingerprint density at radius 2 is 2.12 bits per heavy atom. The van der Waals surface area contributed by atoms with Crippen LogP contribution in [0.3, 0.4) is 0 Å². The molecule has 0 unspecified atom stereocenters. The predicted molar refractivity (Wildman–Crippen MR) is 69.2 cm³/mol. The standard InChI is InChI=1S/C12H12N2O2S/c1-16-8-4-2-3-7-9-11(15)13-5-6-14-12(9)17-10(7)8/h2-4,14H,5-6H2,1H3,(H,13,15). The van der Waals surface area contributed by atoms with Crippen LogP contribution in [0.2, 0.25) is 0 Å². The molecule has 2 aromatic rings. The largest absolute Gasteiger partial charge is 0.495 e. The number of nitrogens with one attached hydrogen (secondary N) is 2. The number of rotatable bonds is 1. The number of hydrogen-bond acceptors (Lipinski definition) is 4. The number of amides is 1. The zero-order valence-electron chi connectivity index (χ0n) is 9.37. The van der Waals surface area contributed by atoms with Gasteiger partial charge in [-0.1, -0.05) is 12.1 Å². The van der Waals surface area contributed by atoms with E-state index < -0.39 is 0 Å². The summed E-state index contributed by atoms with van der Waals surface area (Å²) < 4.78 is 6.34. The van der Waals surface area contributed by atoms with E-state index in [0.717, 1.165) is 32.9 Å². The SMILES string of the molecule is COc1cccc2c3c(sc12)NCCNC3=O. The number of fused-ring (bicyclic) bond motifs is 3. The van der Waals surface area contributed by atoms with Gasteiger partial charge in [-0.2, -0.15) is 0 Å². The third-order valence-electron chi connectivity index (χ3n) is 2.82. The quantitative estimate of drug-likeness (QED) is 0.812. The topological polar surface area (TPSA) is 50.4 Å². The number of ether oxygens (including phenoxy) is 1. The molecule has 0 fully saturated rings. The van der Waals surface area contributed by atoms with Crippen molar-refractivity contribution in [3.05, 3.63) is 23.8 Å². The van der Waals surface area contributed by atoms with Crippen LogP contribution in [-0.2, 0) is 0 Å². The molecule has 0 spiro atoms. The summed E-state index contributed by atoms with van der Waals surface area (Å²) in [5, 5.41) is 8.04. The number of thiophene rings is 1. The van der Waals surface area contributed by atoms with Gasteiger partial charge in [0.1, 0.15) is 10.8 Å². The van der Waals surface area contributed by atoms with Crippen molar-refractivity contribution in [3.8, 4) is 5.75 Å². The molecule has 17 heavy (non-hydrogen) atoms. The van der Waals surface area contributed by atoms with Gasteiger partial charge in [-0.15, -0.1) is 11.3 Å². The summed E-state index contributed by atoms with van der Waals surface area (Å²) in [4.78, 5) is 12.0. The van der Waals surface area contributed by atoms with E-state index >= 15 is 0 Å². The van der Waals surface area contributed by atoms with Crippen molar-refractivity contribution in [2.75, 3.05) is 25.5 Å². The molecule has 1 aromatic carbocycles. The van der Waals surface area contributed by atoms with Crippen LogP contribution in [0.25, 0.3) is 10.1 Å². The number of anilines is 1. The average molecular weight is 248 g/mol. The van der Waals surface area contributed by atoms with Gasteiger partial charge in [0.15, 0.2) is 0 Å². The summed E-state index contributed by atoms with van der Waals surface area (Å²) in [7, 11) is 1.65. The lowest BCUT2D eigenvalue weighted by Gasteiger charge is -2.02. The molecular formula is C12H12N2O2S. The molecule has 4 nitrogen and oxygen atoms in total. The second kappa shape index (κ2) is 3.92. The van der Waals surface area contributed by atoms with Crippen molar-refractivity contribution in [3.63, 3.8) is 0 Å². The maximum Gasteiger partial charge on any atom is 0.254 e. The van der Waals surface area contributed by atoms with E-state index in [0.29, 0.717) is 6.54 Å². The first-order valence-electron chi connectivity index (χ1n) is 5.43. The van der Waals surface area contributed by atoms with E-state index in [-0.39, 0.29) is 5.91 Å².